The lowest BCUT2D eigenvalue weighted by Gasteiger charge is -2.45. The summed E-state index contributed by atoms with van der Waals surface area (Å²) in [6.45, 7) is 8.75. The van der Waals surface area contributed by atoms with E-state index in [2.05, 4.69) is 44.7 Å². The molecule has 4 aliphatic heterocycles. The molecule has 2 N–H and O–H groups in total. The Morgan fingerprint density at radius 1 is 1.22 bits per heavy atom. The van der Waals surface area contributed by atoms with Gasteiger partial charge in [0.05, 0.1) is 19.1 Å². The van der Waals surface area contributed by atoms with E-state index in [-0.39, 0.29) is 17.5 Å². The number of aliphatic imine (C=N–C) groups is 1. The Morgan fingerprint density at radius 3 is 2.85 bits per heavy atom. The van der Waals surface area contributed by atoms with E-state index >= 15 is 0 Å². The Morgan fingerprint density at radius 2 is 2.05 bits per heavy atom. The number of benzene rings is 1. The zero-order chi connectivity index (χ0) is 27.9. The van der Waals surface area contributed by atoms with Crippen molar-refractivity contribution in [1.82, 2.24) is 24.8 Å². The predicted molar refractivity (Wildman–Crippen MR) is 156 cm³/mol. The van der Waals surface area contributed by atoms with Crippen LogP contribution in [0, 0.1) is 0 Å². The van der Waals surface area contributed by atoms with Gasteiger partial charge in [-0.15, -0.1) is 0 Å². The minimum Gasteiger partial charge on any atom is -0.468 e. The lowest BCUT2D eigenvalue weighted by molar-refractivity contribution is -0.0480. The standard InChI is InChI=1S/C31H32ClN7O2/c1-18-36-27-23(4-3-9-34-27)31(41-18)7-10-38(11-8-31)29(40)37-25-13-19-12-24(32)21-15-33-14-20(21)22(19)17-39-26(16-35-28(25)39)30(2)5-6-30/h3-4,9,12,14,16,25H,1,5-8,10-11,13,15,17H2,2H3,(H,34,36)(H,37,40)/t25-/m1/s1. The number of carbonyl (C=O) groups excluding carboxylic acids is 1. The van der Waals surface area contributed by atoms with Crippen LogP contribution in [0.25, 0.3) is 0 Å². The Balaban J connectivity index is 1.08. The van der Waals surface area contributed by atoms with Gasteiger partial charge in [0.15, 0.2) is 5.88 Å². The maximum Gasteiger partial charge on any atom is 0.318 e. The summed E-state index contributed by atoms with van der Waals surface area (Å²) in [5.41, 5.74) is 6.47. The number of amides is 2. The molecule has 2 amide bonds. The first-order valence-corrected chi connectivity index (χ1v) is 14.8. The van der Waals surface area contributed by atoms with Crippen LogP contribution in [0.1, 0.15) is 78.0 Å². The first kappa shape index (κ1) is 24.9. The van der Waals surface area contributed by atoms with E-state index in [9.17, 15) is 4.79 Å². The molecule has 5 aliphatic rings. The van der Waals surface area contributed by atoms with Gasteiger partial charge in [0.25, 0.3) is 0 Å². The molecule has 1 aromatic carbocycles. The summed E-state index contributed by atoms with van der Waals surface area (Å²) in [7, 11) is 0. The maximum absolute atomic E-state index is 13.8. The molecule has 6 heterocycles. The van der Waals surface area contributed by atoms with Crippen molar-refractivity contribution in [2.24, 2.45) is 4.99 Å². The van der Waals surface area contributed by atoms with Gasteiger partial charge in [-0.1, -0.05) is 18.5 Å². The highest BCUT2D eigenvalue weighted by Gasteiger charge is 2.46. The summed E-state index contributed by atoms with van der Waals surface area (Å²) in [5.74, 6) is 2.18. The van der Waals surface area contributed by atoms with Crippen molar-refractivity contribution in [2.75, 3.05) is 18.4 Å². The first-order chi connectivity index (χ1) is 19.8. The number of urea groups is 1. The number of carbonyl (C=O) groups is 1. The van der Waals surface area contributed by atoms with Crippen molar-refractivity contribution < 1.29 is 9.53 Å². The van der Waals surface area contributed by atoms with Gasteiger partial charge < -0.3 is 24.8 Å². The number of imidazole rings is 1. The molecule has 41 heavy (non-hydrogen) atoms. The topological polar surface area (TPSA) is 96.7 Å². The van der Waals surface area contributed by atoms with Crippen LogP contribution in [0.4, 0.5) is 10.6 Å². The third-order valence-electron chi connectivity index (χ3n) is 9.68. The van der Waals surface area contributed by atoms with Gasteiger partial charge in [-0.3, -0.25) is 4.99 Å². The maximum atomic E-state index is 13.8. The second kappa shape index (κ2) is 8.82. The average molecular weight is 570 g/mol. The van der Waals surface area contributed by atoms with Crippen LogP contribution >= 0.6 is 11.6 Å². The van der Waals surface area contributed by atoms with E-state index < -0.39 is 5.60 Å². The van der Waals surface area contributed by atoms with Crippen molar-refractivity contribution in [3.8, 4) is 0 Å². The van der Waals surface area contributed by atoms with E-state index in [4.69, 9.17) is 21.3 Å². The molecule has 8 rings (SSSR count). The molecule has 0 bridgehead atoms. The summed E-state index contributed by atoms with van der Waals surface area (Å²) < 4.78 is 8.61. The van der Waals surface area contributed by atoms with E-state index in [0.717, 1.165) is 51.8 Å². The fourth-order valence-electron chi connectivity index (χ4n) is 7.07. The van der Waals surface area contributed by atoms with E-state index in [1.165, 1.54) is 11.3 Å². The van der Waals surface area contributed by atoms with Crippen LogP contribution < -0.4 is 10.6 Å². The fraction of sp³-hybridized carbons (Fsp3) is 0.419. The van der Waals surface area contributed by atoms with Gasteiger partial charge in [-0.2, -0.15) is 0 Å². The molecule has 0 unspecified atom stereocenters. The molecule has 0 radical (unpaired) electrons. The van der Waals surface area contributed by atoms with E-state index in [1.54, 1.807) is 6.20 Å². The number of anilines is 1. The molecule has 3 aromatic rings. The molecule has 1 aliphatic carbocycles. The average Bonchev–Trinajstić information content (AvgIpc) is 3.35. The number of likely N-dealkylation sites (tertiary alicyclic amines) is 1. The third-order valence-corrected chi connectivity index (χ3v) is 10.0. The van der Waals surface area contributed by atoms with Crippen LogP contribution in [0.5, 0.6) is 0 Å². The summed E-state index contributed by atoms with van der Waals surface area (Å²) in [4.78, 5) is 29.6. The normalized spacial score (nSPS) is 22.5. The number of fused-ring (bicyclic) bond motifs is 6. The van der Waals surface area contributed by atoms with Gasteiger partial charge in [0, 0.05) is 83.8 Å². The van der Waals surface area contributed by atoms with Crippen molar-refractivity contribution in [3.05, 3.63) is 87.4 Å². The number of hydrogen-bond acceptors (Lipinski definition) is 6. The van der Waals surface area contributed by atoms with Gasteiger partial charge in [-0.25, -0.2) is 14.8 Å². The Kier molecular flexibility index (Phi) is 5.36. The predicted octanol–water partition coefficient (Wildman–Crippen LogP) is 5.18. The van der Waals surface area contributed by atoms with Crippen molar-refractivity contribution in [1.29, 1.82) is 0 Å². The monoisotopic (exact) mass is 569 g/mol. The molecule has 1 saturated carbocycles. The highest BCUT2D eigenvalue weighted by Crippen LogP contribution is 2.49. The number of hydrogen-bond donors (Lipinski definition) is 2. The lowest BCUT2D eigenvalue weighted by Crippen LogP contribution is -2.51. The number of aromatic nitrogens is 3. The molecule has 2 aromatic heterocycles. The van der Waals surface area contributed by atoms with Crippen LogP contribution in [0.2, 0.25) is 5.02 Å². The van der Waals surface area contributed by atoms with Crippen molar-refractivity contribution in [3.63, 3.8) is 0 Å². The molecule has 2 fully saturated rings. The second-order valence-electron chi connectivity index (χ2n) is 12.2. The summed E-state index contributed by atoms with van der Waals surface area (Å²) >= 11 is 6.73. The van der Waals surface area contributed by atoms with E-state index in [0.29, 0.717) is 51.3 Å². The lowest BCUT2D eigenvalue weighted by atomic mass is 9.83. The Hall–Kier alpha value is -3.85. The number of ether oxygens (including phenoxy) is 1. The van der Waals surface area contributed by atoms with E-state index in [1.807, 2.05) is 29.4 Å². The first-order valence-electron chi connectivity index (χ1n) is 14.4. The summed E-state index contributed by atoms with van der Waals surface area (Å²) in [6, 6.07) is 5.68. The molecular weight excluding hydrogens is 538 g/mol. The van der Waals surface area contributed by atoms with Crippen LogP contribution in [0.3, 0.4) is 0 Å². The molecule has 10 heteroatoms. The number of nitrogens with zero attached hydrogens (tertiary/aromatic N) is 5. The van der Waals surface area contributed by atoms with Crippen LogP contribution in [0.15, 0.2) is 48.0 Å². The van der Waals surface area contributed by atoms with Crippen LogP contribution in [-0.2, 0) is 35.3 Å². The molecule has 210 valence electrons. The molecule has 1 atom stereocenters. The van der Waals surface area contributed by atoms with Gasteiger partial charge >= 0.3 is 6.03 Å². The Bertz CT molecular complexity index is 1650. The highest BCUT2D eigenvalue weighted by atomic mass is 35.5. The zero-order valence-electron chi connectivity index (χ0n) is 23.0. The van der Waals surface area contributed by atoms with Crippen molar-refractivity contribution in [2.45, 2.75) is 69.2 Å². The quantitative estimate of drug-likeness (QED) is 0.443. The Labute approximate surface area is 243 Å². The summed E-state index contributed by atoms with van der Waals surface area (Å²) in [6.07, 6.45) is 9.99. The number of nitrogens with one attached hydrogen (secondary N) is 2. The SMILES string of the molecule is C=C1Nc2ncccc2C2(CCN(C(=O)N[C@@H]3Cc4cc(Cl)c5c(c4Cn4c(C6(C)CC6)cnc43)C=NC5)CC2)O1. The molecular formula is C31H32ClN7O2. The number of piperidine rings is 1. The number of pyridine rings is 1. The zero-order valence-corrected chi connectivity index (χ0v) is 23.8. The highest BCUT2D eigenvalue weighted by molar-refractivity contribution is 6.32. The third kappa shape index (κ3) is 3.89. The summed E-state index contributed by atoms with van der Waals surface area (Å²) in [5, 5.41) is 7.24. The number of rotatable bonds is 2. The smallest absolute Gasteiger partial charge is 0.318 e. The van der Waals surface area contributed by atoms with Gasteiger partial charge in [-0.05, 0) is 48.7 Å². The minimum atomic E-state index is -0.534. The van der Waals surface area contributed by atoms with Crippen LogP contribution in [-0.4, -0.2) is 44.8 Å². The van der Waals surface area contributed by atoms with Crippen molar-refractivity contribution >= 4 is 29.7 Å². The molecule has 1 spiro atoms. The number of halogens is 1. The molecule has 1 saturated heterocycles. The largest absolute Gasteiger partial charge is 0.468 e. The second-order valence-corrected chi connectivity index (χ2v) is 12.7. The fourth-order valence-corrected chi connectivity index (χ4v) is 7.37. The van der Waals surface area contributed by atoms with Gasteiger partial charge in [0.2, 0.25) is 0 Å². The van der Waals surface area contributed by atoms with Gasteiger partial charge in [0.1, 0.15) is 17.2 Å². The minimum absolute atomic E-state index is 0.0879. The molecule has 9 nitrogen and oxygen atoms in total.